The summed E-state index contributed by atoms with van der Waals surface area (Å²) in [4.78, 5) is 0. The Balaban J connectivity index is 2.12. The van der Waals surface area contributed by atoms with Crippen LogP contribution >= 0.6 is 0 Å². The summed E-state index contributed by atoms with van der Waals surface area (Å²) in [5, 5.41) is 12.0. The molecule has 0 fully saturated rings. The number of hydrogen-bond donors (Lipinski definition) is 2. The summed E-state index contributed by atoms with van der Waals surface area (Å²) >= 11 is 0. The third-order valence-electron chi connectivity index (χ3n) is 2.77. The number of hydrogen-bond acceptors (Lipinski definition) is 2. The highest BCUT2D eigenvalue weighted by atomic mass is 16.2. The largest absolute Gasteiger partial charge is 0.396 e. The molecule has 2 nitrogen and oxygen atoms in total. The second-order valence-electron chi connectivity index (χ2n) is 4.13. The van der Waals surface area contributed by atoms with Gasteiger partial charge in [-0.15, -0.1) is 0 Å². The van der Waals surface area contributed by atoms with Crippen LogP contribution in [0.2, 0.25) is 0 Å². The first-order valence-electron chi connectivity index (χ1n) is 6.26. The van der Waals surface area contributed by atoms with Crippen LogP contribution in [0.3, 0.4) is 0 Å². The minimum absolute atomic E-state index is 0.318. The molecule has 0 aliphatic heterocycles. The Bertz CT molecular complexity index is 269. The van der Waals surface area contributed by atoms with E-state index in [1.165, 1.54) is 11.1 Å². The molecule has 1 rings (SSSR count). The Labute approximate surface area is 98.7 Å². The molecule has 0 amide bonds. The van der Waals surface area contributed by atoms with Gasteiger partial charge in [0.15, 0.2) is 0 Å². The van der Waals surface area contributed by atoms with E-state index in [1.54, 1.807) is 0 Å². The molecule has 0 aliphatic carbocycles. The van der Waals surface area contributed by atoms with Crippen LogP contribution in [-0.2, 0) is 13.0 Å². The van der Waals surface area contributed by atoms with Crippen LogP contribution in [0.15, 0.2) is 24.3 Å². The number of nitrogens with one attached hydrogen (secondary N) is 1. The van der Waals surface area contributed by atoms with Crippen LogP contribution in [-0.4, -0.2) is 18.3 Å². The Morgan fingerprint density at radius 1 is 1.00 bits per heavy atom. The van der Waals surface area contributed by atoms with Crippen molar-refractivity contribution in [3.63, 3.8) is 0 Å². The zero-order chi connectivity index (χ0) is 11.6. The van der Waals surface area contributed by atoms with E-state index >= 15 is 0 Å². The van der Waals surface area contributed by atoms with E-state index < -0.39 is 0 Å². The second-order valence-corrected chi connectivity index (χ2v) is 4.13. The molecule has 16 heavy (non-hydrogen) atoms. The molecule has 0 spiro atoms. The molecule has 0 bridgehead atoms. The Kier molecular flexibility index (Phi) is 6.86. The lowest BCUT2D eigenvalue weighted by Gasteiger charge is -2.05. The van der Waals surface area contributed by atoms with Gasteiger partial charge in [0.25, 0.3) is 0 Å². The number of unbranched alkanes of at least 4 members (excludes halogenated alkanes) is 2. The number of aryl methyl sites for hydroxylation is 1. The number of benzene rings is 1. The highest BCUT2D eigenvalue weighted by molar-refractivity contribution is 5.22. The van der Waals surface area contributed by atoms with Gasteiger partial charge in [0.1, 0.15) is 0 Å². The number of rotatable bonds is 8. The van der Waals surface area contributed by atoms with Gasteiger partial charge in [-0.2, -0.15) is 0 Å². The molecule has 0 radical (unpaired) electrons. The summed E-state index contributed by atoms with van der Waals surface area (Å²) in [5.41, 5.74) is 2.74. The van der Waals surface area contributed by atoms with E-state index in [9.17, 15) is 0 Å². The van der Waals surface area contributed by atoms with Crippen molar-refractivity contribution in [2.75, 3.05) is 13.2 Å². The average molecular weight is 221 g/mol. The third kappa shape index (κ3) is 5.29. The van der Waals surface area contributed by atoms with E-state index in [-0.39, 0.29) is 0 Å². The van der Waals surface area contributed by atoms with Crippen LogP contribution < -0.4 is 5.32 Å². The van der Waals surface area contributed by atoms with Crippen molar-refractivity contribution in [1.29, 1.82) is 0 Å². The molecule has 2 N–H and O–H groups in total. The lowest BCUT2D eigenvalue weighted by Crippen LogP contribution is -2.14. The van der Waals surface area contributed by atoms with Crippen LogP contribution in [0, 0.1) is 0 Å². The van der Waals surface area contributed by atoms with Gasteiger partial charge in [0, 0.05) is 13.2 Å². The van der Waals surface area contributed by atoms with Crippen molar-refractivity contribution in [3.8, 4) is 0 Å². The smallest absolute Gasteiger partial charge is 0.0431 e. The molecule has 0 aliphatic rings. The van der Waals surface area contributed by atoms with Gasteiger partial charge >= 0.3 is 0 Å². The molecule has 0 heterocycles. The topological polar surface area (TPSA) is 32.3 Å². The monoisotopic (exact) mass is 221 g/mol. The molecule has 0 saturated heterocycles. The van der Waals surface area contributed by atoms with Crippen molar-refractivity contribution < 1.29 is 5.11 Å². The predicted octanol–water partition coefficient (Wildman–Crippen LogP) is 2.50. The molecule has 2 heteroatoms. The summed E-state index contributed by atoms with van der Waals surface area (Å²) in [6.45, 7) is 4.48. The van der Waals surface area contributed by atoms with Crippen molar-refractivity contribution in [3.05, 3.63) is 35.4 Å². The standard InChI is InChI=1S/C14H23NO/c1-2-13-6-8-14(9-7-13)12-15-10-4-3-5-11-16/h6-9,15-16H,2-5,10-12H2,1H3. The molecule has 0 atom stereocenters. The highest BCUT2D eigenvalue weighted by Gasteiger charge is 1.93. The SMILES string of the molecule is CCc1ccc(CNCCCCCO)cc1. The maximum Gasteiger partial charge on any atom is 0.0431 e. The van der Waals surface area contributed by atoms with E-state index in [2.05, 4.69) is 36.5 Å². The van der Waals surface area contributed by atoms with E-state index in [0.29, 0.717) is 6.61 Å². The Hall–Kier alpha value is -0.860. The molecule has 0 unspecified atom stereocenters. The van der Waals surface area contributed by atoms with Gasteiger partial charge in [0.2, 0.25) is 0 Å². The molecule has 1 aromatic carbocycles. The van der Waals surface area contributed by atoms with Crippen molar-refractivity contribution >= 4 is 0 Å². The number of aliphatic hydroxyl groups excluding tert-OH is 1. The van der Waals surface area contributed by atoms with Gasteiger partial charge in [-0.3, -0.25) is 0 Å². The van der Waals surface area contributed by atoms with Crippen LogP contribution in [0.5, 0.6) is 0 Å². The second kappa shape index (κ2) is 8.31. The predicted molar refractivity (Wildman–Crippen MR) is 68.5 cm³/mol. The lowest BCUT2D eigenvalue weighted by atomic mass is 10.1. The van der Waals surface area contributed by atoms with E-state index in [1.807, 2.05) is 0 Å². The summed E-state index contributed by atoms with van der Waals surface area (Å²) in [6.07, 6.45) is 4.29. The van der Waals surface area contributed by atoms with E-state index in [0.717, 1.165) is 38.8 Å². The maximum atomic E-state index is 8.63. The molecular weight excluding hydrogens is 198 g/mol. The zero-order valence-electron chi connectivity index (χ0n) is 10.2. The maximum absolute atomic E-state index is 8.63. The third-order valence-corrected chi connectivity index (χ3v) is 2.77. The van der Waals surface area contributed by atoms with E-state index in [4.69, 9.17) is 5.11 Å². The fraction of sp³-hybridized carbons (Fsp3) is 0.571. The quantitative estimate of drug-likeness (QED) is 0.661. The van der Waals surface area contributed by atoms with Crippen LogP contribution in [0.25, 0.3) is 0 Å². The average Bonchev–Trinajstić information content (AvgIpc) is 2.34. The van der Waals surface area contributed by atoms with Crippen LogP contribution in [0.1, 0.15) is 37.3 Å². The van der Waals surface area contributed by atoms with Gasteiger partial charge in [0.05, 0.1) is 0 Å². The Morgan fingerprint density at radius 2 is 1.69 bits per heavy atom. The first-order chi connectivity index (χ1) is 7.86. The molecule has 90 valence electrons. The van der Waals surface area contributed by atoms with Crippen molar-refractivity contribution in [2.24, 2.45) is 0 Å². The van der Waals surface area contributed by atoms with Gasteiger partial charge in [-0.05, 0) is 43.4 Å². The summed E-state index contributed by atoms with van der Waals surface area (Å²) in [6, 6.07) is 8.78. The molecule has 0 aromatic heterocycles. The first kappa shape index (κ1) is 13.2. The Morgan fingerprint density at radius 3 is 2.31 bits per heavy atom. The fourth-order valence-corrected chi connectivity index (χ4v) is 1.66. The van der Waals surface area contributed by atoms with Crippen molar-refractivity contribution in [2.45, 2.75) is 39.2 Å². The van der Waals surface area contributed by atoms with Gasteiger partial charge < -0.3 is 10.4 Å². The fourth-order valence-electron chi connectivity index (χ4n) is 1.66. The first-order valence-corrected chi connectivity index (χ1v) is 6.26. The summed E-state index contributed by atoms with van der Waals surface area (Å²) in [5.74, 6) is 0. The minimum Gasteiger partial charge on any atom is -0.396 e. The molecular formula is C14H23NO. The zero-order valence-corrected chi connectivity index (χ0v) is 10.2. The minimum atomic E-state index is 0.318. The van der Waals surface area contributed by atoms with Crippen molar-refractivity contribution in [1.82, 2.24) is 5.32 Å². The molecule has 0 saturated carbocycles. The molecule has 1 aromatic rings. The summed E-state index contributed by atoms with van der Waals surface area (Å²) < 4.78 is 0. The highest BCUT2D eigenvalue weighted by Crippen LogP contribution is 2.04. The summed E-state index contributed by atoms with van der Waals surface area (Å²) in [7, 11) is 0. The van der Waals surface area contributed by atoms with Gasteiger partial charge in [-0.1, -0.05) is 31.2 Å². The normalized spacial score (nSPS) is 10.6. The lowest BCUT2D eigenvalue weighted by molar-refractivity contribution is 0.283. The van der Waals surface area contributed by atoms with Crippen LogP contribution in [0.4, 0.5) is 0 Å². The number of aliphatic hydroxyl groups is 1. The van der Waals surface area contributed by atoms with Gasteiger partial charge in [-0.25, -0.2) is 0 Å².